The molecule has 0 spiro atoms. The standard InChI is InChI=1S/C43H87N7O.ClH/c1-5-7-9-11-13-15-22-44-24-17-26-46-28-19-30-49-38-41-34-42(36-43(35-41)51-33-21-32-48-37-40(3)4)39-50-31-20-29-47-27-18-25-45-23-16-14-12-10-8-6-2;/h34-36,40,44-50H,5-33,37-39H2,1-4H3;1H. The Morgan fingerprint density at radius 3 is 1.21 bits per heavy atom. The van der Waals surface area contributed by atoms with Gasteiger partial charge in [0, 0.05) is 13.1 Å². The number of hydrogen-bond acceptors (Lipinski definition) is 8. The van der Waals surface area contributed by atoms with E-state index in [9.17, 15) is 0 Å². The van der Waals surface area contributed by atoms with E-state index in [1.807, 2.05) is 0 Å². The van der Waals surface area contributed by atoms with Crippen molar-refractivity contribution >= 4 is 12.4 Å². The van der Waals surface area contributed by atoms with Crippen LogP contribution in [0.15, 0.2) is 18.2 Å². The average molecular weight is 755 g/mol. The molecule has 0 unspecified atom stereocenters. The highest BCUT2D eigenvalue weighted by Gasteiger charge is 2.04. The first-order valence-electron chi connectivity index (χ1n) is 21.9. The van der Waals surface area contributed by atoms with Crippen molar-refractivity contribution < 1.29 is 4.74 Å². The Balaban J connectivity index is 0.0000260. The fourth-order valence-electron chi connectivity index (χ4n) is 6.17. The van der Waals surface area contributed by atoms with E-state index >= 15 is 0 Å². The first-order chi connectivity index (χ1) is 25.2. The zero-order valence-electron chi connectivity index (χ0n) is 34.8. The van der Waals surface area contributed by atoms with Crippen LogP contribution in [0, 0.1) is 5.92 Å². The van der Waals surface area contributed by atoms with Crippen molar-refractivity contribution in [1.29, 1.82) is 0 Å². The highest BCUT2D eigenvalue weighted by atomic mass is 35.5. The van der Waals surface area contributed by atoms with E-state index in [1.54, 1.807) is 0 Å². The summed E-state index contributed by atoms with van der Waals surface area (Å²) in [5, 5.41) is 25.3. The van der Waals surface area contributed by atoms with E-state index in [1.165, 1.54) is 114 Å². The number of nitrogens with one attached hydrogen (secondary N) is 7. The zero-order chi connectivity index (χ0) is 36.7. The summed E-state index contributed by atoms with van der Waals surface area (Å²) < 4.78 is 6.23. The zero-order valence-corrected chi connectivity index (χ0v) is 35.6. The monoisotopic (exact) mass is 754 g/mol. The summed E-state index contributed by atoms with van der Waals surface area (Å²) in [5.74, 6) is 1.67. The number of halogens is 1. The molecule has 7 N–H and O–H groups in total. The van der Waals surface area contributed by atoms with Crippen molar-refractivity contribution in [1.82, 2.24) is 37.2 Å². The van der Waals surface area contributed by atoms with Crippen molar-refractivity contribution in [2.45, 2.75) is 150 Å². The van der Waals surface area contributed by atoms with Crippen LogP contribution in [0.1, 0.15) is 148 Å². The Labute approximate surface area is 329 Å². The van der Waals surface area contributed by atoms with Gasteiger partial charge in [-0.1, -0.05) is 98.0 Å². The Hall–Kier alpha value is -0.970. The molecule has 1 rings (SSSR count). The van der Waals surface area contributed by atoms with Crippen LogP contribution in [0.4, 0.5) is 0 Å². The smallest absolute Gasteiger partial charge is 0.119 e. The number of ether oxygens (including phenoxy) is 1. The van der Waals surface area contributed by atoms with E-state index in [0.29, 0.717) is 5.92 Å². The minimum atomic E-state index is 0. The molecule has 308 valence electrons. The van der Waals surface area contributed by atoms with Crippen LogP contribution < -0.4 is 42.0 Å². The molecule has 0 aromatic heterocycles. The largest absolute Gasteiger partial charge is 0.494 e. The highest BCUT2D eigenvalue weighted by molar-refractivity contribution is 5.85. The summed E-state index contributed by atoms with van der Waals surface area (Å²) in [4.78, 5) is 0. The third-order valence-corrected chi connectivity index (χ3v) is 9.25. The summed E-state index contributed by atoms with van der Waals surface area (Å²) in [6, 6.07) is 6.78. The Kier molecular flexibility index (Phi) is 40.4. The van der Waals surface area contributed by atoms with Gasteiger partial charge in [0.05, 0.1) is 6.61 Å². The summed E-state index contributed by atoms with van der Waals surface area (Å²) in [7, 11) is 0. The molecule has 0 fully saturated rings. The van der Waals surface area contributed by atoms with E-state index in [2.05, 4.69) is 83.1 Å². The molecule has 52 heavy (non-hydrogen) atoms. The molecule has 1 aromatic carbocycles. The minimum absolute atomic E-state index is 0. The van der Waals surface area contributed by atoms with Crippen LogP contribution in [0.3, 0.4) is 0 Å². The van der Waals surface area contributed by atoms with Gasteiger partial charge in [0.15, 0.2) is 0 Å². The molecular weight excluding hydrogens is 666 g/mol. The molecule has 0 heterocycles. The molecule has 0 radical (unpaired) electrons. The van der Waals surface area contributed by atoms with Gasteiger partial charge in [0.1, 0.15) is 5.75 Å². The third-order valence-electron chi connectivity index (χ3n) is 9.25. The topological polar surface area (TPSA) is 93.4 Å². The van der Waals surface area contributed by atoms with E-state index < -0.39 is 0 Å². The Bertz CT molecular complexity index is 793. The molecule has 0 aliphatic carbocycles. The number of benzene rings is 1. The lowest BCUT2D eigenvalue weighted by molar-refractivity contribution is 0.306. The number of unbranched alkanes of at least 4 members (excludes halogenated alkanes) is 10. The van der Waals surface area contributed by atoms with Gasteiger partial charge < -0.3 is 42.0 Å². The highest BCUT2D eigenvalue weighted by Crippen LogP contribution is 2.18. The maximum absolute atomic E-state index is 6.23. The lowest BCUT2D eigenvalue weighted by Gasteiger charge is -2.14. The quantitative estimate of drug-likeness (QED) is 0.0339. The molecule has 0 saturated carbocycles. The van der Waals surface area contributed by atoms with Crippen molar-refractivity contribution in [3.8, 4) is 5.75 Å². The van der Waals surface area contributed by atoms with Crippen molar-refractivity contribution in [3.05, 3.63) is 29.3 Å². The molecule has 8 nitrogen and oxygen atoms in total. The average Bonchev–Trinajstić information content (AvgIpc) is 3.12. The summed E-state index contributed by atoms with van der Waals surface area (Å²) in [6.45, 7) is 24.6. The van der Waals surface area contributed by atoms with Gasteiger partial charge in [-0.3, -0.25) is 0 Å². The van der Waals surface area contributed by atoms with Gasteiger partial charge >= 0.3 is 0 Å². The summed E-state index contributed by atoms with van der Waals surface area (Å²) >= 11 is 0. The first-order valence-corrected chi connectivity index (χ1v) is 21.9. The van der Waals surface area contributed by atoms with Gasteiger partial charge in [0.2, 0.25) is 0 Å². The van der Waals surface area contributed by atoms with Gasteiger partial charge in [-0.25, -0.2) is 0 Å². The Morgan fingerprint density at radius 2 is 0.788 bits per heavy atom. The van der Waals surface area contributed by atoms with E-state index in [-0.39, 0.29) is 12.4 Å². The van der Waals surface area contributed by atoms with Crippen LogP contribution in [-0.4, -0.2) is 85.1 Å². The normalized spacial score (nSPS) is 11.4. The van der Waals surface area contributed by atoms with Gasteiger partial charge in [-0.05, 0) is 153 Å². The minimum Gasteiger partial charge on any atom is -0.494 e. The third kappa shape index (κ3) is 36.0. The molecule has 9 heteroatoms. The van der Waals surface area contributed by atoms with Crippen LogP contribution in [0.25, 0.3) is 0 Å². The maximum Gasteiger partial charge on any atom is 0.119 e. The molecule has 0 atom stereocenters. The SMILES string of the molecule is CCCCCCCCNCCCNCCCNCc1cc(CNCCCNCCCNCCCCCCCC)cc(OCCCNCC(C)C)c1.Cl. The van der Waals surface area contributed by atoms with Crippen molar-refractivity contribution in [3.63, 3.8) is 0 Å². The molecule has 0 aliphatic heterocycles. The van der Waals surface area contributed by atoms with Crippen LogP contribution in [0.5, 0.6) is 5.75 Å². The fourth-order valence-corrected chi connectivity index (χ4v) is 6.17. The molecule has 0 amide bonds. The number of rotatable bonds is 41. The van der Waals surface area contributed by atoms with Crippen LogP contribution in [0.2, 0.25) is 0 Å². The van der Waals surface area contributed by atoms with E-state index in [0.717, 1.165) is 110 Å². The van der Waals surface area contributed by atoms with Gasteiger partial charge in [0.25, 0.3) is 0 Å². The fraction of sp³-hybridized carbons (Fsp3) is 0.860. The predicted octanol–water partition coefficient (Wildman–Crippen LogP) is 7.94. The first kappa shape index (κ1) is 51.0. The lowest BCUT2D eigenvalue weighted by Crippen LogP contribution is -2.26. The van der Waals surface area contributed by atoms with Gasteiger partial charge in [-0.15, -0.1) is 12.4 Å². The second kappa shape index (κ2) is 41.2. The molecule has 1 aromatic rings. The predicted molar refractivity (Wildman–Crippen MR) is 232 cm³/mol. The van der Waals surface area contributed by atoms with Gasteiger partial charge in [-0.2, -0.15) is 0 Å². The second-order valence-corrected chi connectivity index (χ2v) is 15.1. The number of hydrogen-bond donors (Lipinski definition) is 7. The molecule has 0 saturated heterocycles. The van der Waals surface area contributed by atoms with Crippen LogP contribution in [-0.2, 0) is 13.1 Å². The van der Waals surface area contributed by atoms with E-state index in [4.69, 9.17) is 4.74 Å². The molecular formula is C43H88ClN7O. The van der Waals surface area contributed by atoms with Crippen LogP contribution >= 0.6 is 12.4 Å². The molecule has 0 bridgehead atoms. The maximum atomic E-state index is 6.23. The summed E-state index contributed by atoms with van der Waals surface area (Å²) in [6.07, 6.45) is 22.2. The molecule has 0 aliphatic rings. The Morgan fingerprint density at radius 1 is 0.423 bits per heavy atom. The summed E-state index contributed by atoms with van der Waals surface area (Å²) in [5.41, 5.74) is 2.61. The van der Waals surface area contributed by atoms with Crippen molar-refractivity contribution in [2.24, 2.45) is 5.92 Å². The lowest BCUT2D eigenvalue weighted by atomic mass is 10.1. The second-order valence-electron chi connectivity index (χ2n) is 15.1. The van der Waals surface area contributed by atoms with Crippen molar-refractivity contribution in [2.75, 3.05) is 85.1 Å².